The average Bonchev–Trinajstić information content (AvgIpc) is 3.36. The van der Waals surface area contributed by atoms with Crippen LogP contribution in [0.1, 0.15) is 32.0 Å². The van der Waals surface area contributed by atoms with Crippen molar-refractivity contribution >= 4 is 17.5 Å². The van der Waals surface area contributed by atoms with Gasteiger partial charge in [-0.15, -0.1) is 0 Å². The molecular weight excluding hydrogens is 456 g/mol. The predicted octanol–water partition coefficient (Wildman–Crippen LogP) is 3.83. The van der Waals surface area contributed by atoms with Gasteiger partial charge in [-0.3, -0.25) is 9.59 Å². The second kappa shape index (κ2) is 10.1. The van der Waals surface area contributed by atoms with Crippen LogP contribution in [0.4, 0.5) is 0 Å². The molecule has 0 unspecified atom stereocenters. The summed E-state index contributed by atoms with van der Waals surface area (Å²) in [5, 5.41) is 0. The standard InChI is InChI=1S/C28H28N4O4/c1-20-7-6-12-32-18-22(29-26(20)32)19-36-25-11-4-3-10-24(25)28(34)31-15-13-30(14-16-31)27(33)21-8-5-9-23(17-21)35-2/h3-12,17-18H,13-16,19H2,1-2H3. The number of para-hydroxylation sites is 1. The Morgan fingerprint density at radius 1 is 0.917 bits per heavy atom. The molecule has 0 N–H and O–H groups in total. The summed E-state index contributed by atoms with van der Waals surface area (Å²) < 4.78 is 13.2. The number of rotatable bonds is 6. The molecule has 8 nitrogen and oxygen atoms in total. The molecule has 1 aliphatic heterocycles. The third-order valence-corrected chi connectivity index (χ3v) is 6.39. The fourth-order valence-corrected chi connectivity index (χ4v) is 4.42. The molecule has 2 aromatic carbocycles. The van der Waals surface area contributed by atoms with Gasteiger partial charge in [-0.05, 0) is 48.9 Å². The first-order chi connectivity index (χ1) is 17.5. The van der Waals surface area contributed by atoms with Crippen molar-refractivity contribution in [1.82, 2.24) is 19.2 Å². The van der Waals surface area contributed by atoms with Crippen molar-refractivity contribution in [2.75, 3.05) is 33.3 Å². The lowest BCUT2D eigenvalue weighted by atomic mass is 10.1. The largest absolute Gasteiger partial charge is 0.497 e. The van der Waals surface area contributed by atoms with Gasteiger partial charge in [-0.2, -0.15) is 0 Å². The summed E-state index contributed by atoms with van der Waals surface area (Å²) in [7, 11) is 1.58. The third-order valence-electron chi connectivity index (χ3n) is 6.39. The van der Waals surface area contributed by atoms with E-state index >= 15 is 0 Å². The van der Waals surface area contributed by atoms with Gasteiger partial charge in [0.25, 0.3) is 11.8 Å². The van der Waals surface area contributed by atoms with E-state index in [1.807, 2.05) is 54.0 Å². The number of imidazole rings is 1. The number of aromatic nitrogens is 2. The Morgan fingerprint density at radius 2 is 1.67 bits per heavy atom. The van der Waals surface area contributed by atoms with E-state index in [0.29, 0.717) is 48.8 Å². The predicted molar refractivity (Wildman–Crippen MR) is 136 cm³/mol. The summed E-state index contributed by atoms with van der Waals surface area (Å²) in [6.45, 7) is 4.11. The number of ether oxygens (including phenoxy) is 2. The molecule has 1 saturated heterocycles. The zero-order chi connectivity index (χ0) is 25.1. The number of hydrogen-bond donors (Lipinski definition) is 0. The number of piperazine rings is 1. The molecule has 2 amide bonds. The lowest BCUT2D eigenvalue weighted by Crippen LogP contribution is -2.50. The zero-order valence-corrected chi connectivity index (χ0v) is 20.4. The lowest BCUT2D eigenvalue weighted by Gasteiger charge is -2.35. The van der Waals surface area contributed by atoms with E-state index in [1.165, 1.54) is 0 Å². The van der Waals surface area contributed by atoms with Gasteiger partial charge in [0.1, 0.15) is 23.8 Å². The number of pyridine rings is 1. The molecule has 4 aromatic rings. The number of aryl methyl sites for hydroxylation is 1. The van der Waals surface area contributed by atoms with Crippen molar-refractivity contribution in [3.63, 3.8) is 0 Å². The minimum absolute atomic E-state index is 0.0626. The van der Waals surface area contributed by atoms with Crippen molar-refractivity contribution in [1.29, 1.82) is 0 Å². The van der Waals surface area contributed by atoms with Crippen LogP contribution in [0.2, 0.25) is 0 Å². The van der Waals surface area contributed by atoms with E-state index in [9.17, 15) is 9.59 Å². The number of hydrogen-bond acceptors (Lipinski definition) is 5. The maximum absolute atomic E-state index is 13.4. The monoisotopic (exact) mass is 484 g/mol. The van der Waals surface area contributed by atoms with Crippen LogP contribution in [-0.4, -0.2) is 64.3 Å². The molecule has 0 atom stereocenters. The minimum Gasteiger partial charge on any atom is -0.497 e. The van der Waals surface area contributed by atoms with E-state index in [0.717, 1.165) is 16.9 Å². The van der Waals surface area contributed by atoms with Crippen LogP contribution in [0, 0.1) is 6.92 Å². The highest BCUT2D eigenvalue weighted by molar-refractivity contribution is 5.97. The first-order valence-electron chi connectivity index (χ1n) is 11.9. The Morgan fingerprint density at radius 3 is 2.42 bits per heavy atom. The van der Waals surface area contributed by atoms with Crippen LogP contribution in [-0.2, 0) is 6.61 Å². The number of methoxy groups -OCH3 is 1. The molecule has 0 bridgehead atoms. The highest BCUT2D eigenvalue weighted by atomic mass is 16.5. The van der Waals surface area contributed by atoms with Gasteiger partial charge in [0.2, 0.25) is 0 Å². The van der Waals surface area contributed by atoms with E-state index in [4.69, 9.17) is 9.47 Å². The van der Waals surface area contributed by atoms with E-state index in [1.54, 1.807) is 47.2 Å². The summed E-state index contributed by atoms with van der Waals surface area (Å²) in [5.41, 5.74) is 3.85. The van der Waals surface area contributed by atoms with Gasteiger partial charge >= 0.3 is 0 Å². The van der Waals surface area contributed by atoms with Crippen LogP contribution in [0.5, 0.6) is 11.5 Å². The highest BCUT2D eigenvalue weighted by Crippen LogP contribution is 2.23. The first kappa shape index (κ1) is 23.4. The molecule has 0 radical (unpaired) electrons. The molecule has 0 spiro atoms. The molecule has 2 aromatic heterocycles. The van der Waals surface area contributed by atoms with Crippen molar-refractivity contribution in [3.05, 3.63) is 95.4 Å². The Bertz CT molecular complexity index is 1410. The van der Waals surface area contributed by atoms with E-state index in [-0.39, 0.29) is 18.4 Å². The van der Waals surface area contributed by atoms with Crippen molar-refractivity contribution in [3.8, 4) is 11.5 Å². The van der Waals surface area contributed by atoms with Gasteiger partial charge in [-0.25, -0.2) is 4.98 Å². The molecule has 5 rings (SSSR count). The van der Waals surface area contributed by atoms with Gasteiger partial charge in [-0.1, -0.05) is 24.3 Å². The van der Waals surface area contributed by atoms with Gasteiger partial charge < -0.3 is 23.7 Å². The Balaban J connectivity index is 1.23. The van der Waals surface area contributed by atoms with Crippen LogP contribution in [0.3, 0.4) is 0 Å². The smallest absolute Gasteiger partial charge is 0.257 e. The first-order valence-corrected chi connectivity index (χ1v) is 11.9. The van der Waals surface area contributed by atoms with Crippen LogP contribution < -0.4 is 9.47 Å². The van der Waals surface area contributed by atoms with Crippen molar-refractivity contribution in [2.45, 2.75) is 13.5 Å². The number of carbonyl (C=O) groups excluding carboxylic acids is 2. The van der Waals surface area contributed by atoms with E-state index < -0.39 is 0 Å². The Labute approximate surface area is 209 Å². The molecule has 0 aliphatic carbocycles. The van der Waals surface area contributed by atoms with Crippen LogP contribution in [0.15, 0.2) is 73.1 Å². The molecular formula is C28H28N4O4. The summed E-state index contributed by atoms with van der Waals surface area (Å²) in [5.74, 6) is 0.994. The fourth-order valence-electron chi connectivity index (χ4n) is 4.42. The Kier molecular flexibility index (Phi) is 6.58. The normalized spacial score (nSPS) is 13.6. The summed E-state index contributed by atoms with van der Waals surface area (Å²) in [6, 6.07) is 18.4. The number of benzene rings is 2. The fraction of sp³-hybridized carbons (Fsp3) is 0.250. The SMILES string of the molecule is COc1cccc(C(=O)N2CCN(C(=O)c3ccccc3OCc3cn4cccc(C)c4n3)CC2)c1. The second-order valence-corrected chi connectivity index (χ2v) is 8.76. The topological polar surface area (TPSA) is 76.4 Å². The number of amides is 2. The number of carbonyl (C=O) groups is 2. The molecule has 36 heavy (non-hydrogen) atoms. The highest BCUT2D eigenvalue weighted by Gasteiger charge is 2.27. The van der Waals surface area contributed by atoms with Gasteiger partial charge in [0, 0.05) is 44.1 Å². The Hall–Kier alpha value is -4.33. The molecule has 3 heterocycles. The average molecular weight is 485 g/mol. The van der Waals surface area contributed by atoms with Gasteiger partial charge in [0.15, 0.2) is 0 Å². The second-order valence-electron chi connectivity index (χ2n) is 8.76. The molecule has 1 fully saturated rings. The molecule has 0 saturated carbocycles. The van der Waals surface area contributed by atoms with Crippen LogP contribution in [0.25, 0.3) is 5.65 Å². The quantitative estimate of drug-likeness (QED) is 0.416. The molecule has 8 heteroatoms. The van der Waals surface area contributed by atoms with Crippen LogP contribution >= 0.6 is 0 Å². The molecule has 1 aliphatic rings. The number of nitrogens with zero attached hydrogens (tertiary/aromatic N) is 4. The lowest BCUT2D eigenvalue weighted by molar-refractivity contribution is 0.0532. The maximum Gasteiger partial charge on any atom is 0.257 e. The summed E-state index contributed by atoms with van der Waals surface area (Å²) in [4.78, 5) is 34.5. The van der Waals surface area contributed by atoms with Crippen molar-refractivity contribution < 1.29 is 19.1 Å². The zero-order valence-electron chi connectivity index (χ0n) is 20.4. The molecule has 184 valence electrons. The minimum atomic E-state index is -0.107. The third kappa shape index (κ3) is 4.75. The number of fused-ring (bicyclic) bond motifs is 1. The summed E-state index contributed by atoms with van der Waals surface area (Å²) >= 11 is 0. The van der Waals surface area contributed by atoms with E-state index in [2.05, 4.69) is 4.98 Å². The van der Waals surface area contributed by atoms with Gasteiger partial charge in [0.05, 0.1) is 18.4 Å². The van der Waals surface area contributed by atoms with Crippen molar-refractivity contribution in [2.24, 2.45) is 0 Å². The summed E-state index contributed by atoms with van der Waals surface area (Å²) in [6.07, 6.45) is 3.89. The maximum atomic E-state index is 13.4.